The number of carbonyl (C=O) groups excluding carboxylic acids is 1. The van der Waals surface area contributed by atoms with Crippen LogP contribution < -0.4 is 5.73 Å². The summed E-state index contributed by atoms with van der Waals surface area (Å²) in [7, 11) is 0. The van der Waals surface area contributed by atoms with Crippen molar-refractivity contribution in [1.29, 1.82) is 0 Å². The van der Waals surface area contributed by atoms with Gasteiger partial charge in [0, 0.05) is 17.8 Å². The van der Waals surface area contributed by atoms with Gasteiger partial charge in [0.25, 0.3) is 0 Å². The highest BCUT2D eigenvalue weighted by molar-refractivity contribution is 7.10. The molecule has 2 N–H and O–H groups in total. The van der Waals surface area contributed by atoms with Crippen LogP contribution in [0.3, 0.4) is 0 Å². The Labute approximate surface area is 148 Å². The number of amides is 1. The van der Waals surface area contributed by atoms with E-state index < -0.39 is 0 Å². The summed E-state index contributed by atoms with van der Waals surface area (Å²) >= 11 is 1.70. The molecule has 0 aromatic carbocycles. The molecule has 1 saturated carbocycles. The molecule has 1 aromatic heterocycles. The van der Waals surface area contributed by atoms with E-state index in [1.165, 1.54) is 24.1 Å². The smallest absolute Gasteiger partial charge is 0.223 e. The quantitative estimate of drug-likeness (QED) is 0.897. The van der Waals surface area contributed by atoms with Gasteiger partial charge in [-0.05, 0) is 36.2 Å². The summed E-state index contributed by atoms with van der Waals surface area (Å²) < 4.78 is 5.84. The van der Waals surface area contributed by atoms with E-state index in [0.29, 0.717) is 32.7 Å². The molecule has 1 aromatic rings. The summed E-state index contributed by atoms with van der Waals surface area (Å²) in [5, 5.41) is 2.06. The first-order chi connectivity index (χ1) is 10.7. The monoisotopic (exact) mass is 358 g/mol. The molecule has 3 rings (SSSR count). The number of carbonyl (C=O) groups is 1. The second-order valence-electron chi connectivity index (χ2n) is 6.66. The zero-order chi connectivity index (χ0) is 15.4. The molecule has 6 heteroatoms. The van der Waals surface area contributed by atoms with Crippen molar-refractivity contribution in [2.75, 3.05) is 26.2 Å². The maximum absolute atomic E-state index is 12.8. The number of rotatable bonds is 4. The predicted molar refractivity (Wildman–Crippen MR) is 96.0 cm³/mol. The Bertz CT molecular complexity index is 489. The molecule has 1 amide bonds. The Hall–Kier alpha value is -0.620. The van der Waals surface area contributed by atoms with Crippen molar-refractivity contribution in [2.45, 2.75) is 44.6 Å². The fourth-order valence-corrected chi connectivity index (χ4v) is 4.48. The third-order valence-corrected chi connectivity index (χ3v) is 6.12. The van der Waals surface area contributed by atoms with Crippen LogP contribution in [-0.4, -0.2) is 37.0 Å². The van der Waals surface area contributed by atoms with Gasteiger partial charge in [-0.2, -0.15) is 0 Å². The van der Waals surface area contributed by atoms with Crippen molar-refractivity contribution in [3.8, 4) is 0 Å². The van der Waals surface area contributed by atoms with Crippen LogP contribution in [0.2, 0.25) is 0 Å². The van der Waals surface area contributed by atoms with Crippen LogP contribution in [0, 0.1) is 5.41 Å². The third-order valence-electron chi connectivity index (χ3n) is 5.15. The fraction of sp³-hybridized carbons (Fsp3) is 0.706. The highest BCUT2D eigenvalue weighted by Gasteiger charge is 2.35. The number of nitrogens with two attached hydrogens (primary N) is 1. The number of hydrogen-bond acceptors (Lipinski definition) is 4. The van der Waals surface area contributed by atoms with Crippen molar-refractivity contribution >= 4 is 29.7 Å². The first kappa shape index (κ1) is 18.7. The van der Waals surface area contributed by atoms with Crippen molar-refractivity contribution in [1.82, 2.24) is 4.90 Å². The van der Waals surface area contributed by atoms with Crippen LogP contribution in [0.1, 0.15) is 49.5 Å². The Kier molecular flexibility index (Phi) is 6.89. The number of morpholine rings is 1. The Balaban J connectivity index is 0.00000192. The molecule has 2 aliphatic rings. The van der Waals surface area contributed by atoms with E-state index in [4.69, 9.17) is 10.5 Å². The lowest BCUT2D eigenvalue weighted by atomic mass is 9.71. The van der Waals surface area contributed by atoms with Gasteiger partial charge in [0.15, 0.2) is 0 Å². The van der Waals surface area contributed by atoms with Gasteiger partial charge in [0.05, 0.1) is 13.2 Å². The summed E-state index contributed by atoms with van der Waals surface area (Å²) in [6, 6.07) is 4.13. The van der Waals surface area contributed by atoms with Gasteiger partial charge in [0.1, 0.15) is 6.10 Å². The number of thiophene rings is 1. The average molecular weight is 359 g/mol. The first-order valence-corrected chi connectivity index (χ1v) is 9.23. The average Bonchev–Trinajstić information content (AvgIpc) is 3.10. The molecule has 23 heavy (non-hydrogen) atoms. The second-order valence-corrected chi connectivity index (χ2v) is 7.64. The lowest BCUT2D eigenvalue weighted by Gasteiger charge is -2.39. The summed E-state index contributed by atoms with van der Waals surface area (Å²) in [6.07, 6.45) is 6.57. The van der Waals surface area contributed by atoms with Crippen LogP contribution in [0.4, 0.5) is 0 Å². The Morgan fingerprint density at radius 3 is 2.83 bits per heavy atom. The fourth-order valence-electron chi connectivity index (χ4n) is 3.71. The minimum absolute atomic E-state index is 0. The van der Waals surface area contributed by atoms with E-state index >= 15 is 0 Å². The molecule has 1 unspecified atom stereocenters. The maximum Gasteiger partial charge on any atom is 0.223 e. The number of nitrogens with zero attached hydrogens (tertiary/aromatic N) is 1. The molecule has 130 valence electrons. The minimum Gasteiger partial charge on any atom is -0.369 e. The van der Waals surface area contributed by atoms with Crippen LogP contribution in [0.15, 0.2) is 17.5 Å². The first-order valence-electron chi connectivity index (χ1n) is 8.35. The molecule has 0 radical (unpaired) electrons. The Morgan fingerprint density at radius 2 is 2.17 bits per heavy atom. The molecule has 1 aliphatic heterocycles. The van der Waals surface area contributed by atoms with E-state index in [1.54, 1.807) is 11.3 Å². The van der Waals surface area contributed by atoms with Gasteiger partial charge in [-0.1, -0.05) is 25.3 Å². The van der Waals surface area contributed by atoms with Gasteiger partial charge in [-0.25, -0.2) is 0 Å². The van der Waals surface area contributed by atoms with Crippen LogP contribution >= 0.6 is 23.7 Å². The van der Waals surface area contributed by atoms with Gasteiger partial charge in [-0.15, -0.1) is 23.7 Å². The van der Waals surface area contributed by atoms with Crippen LogP contribution in [-0.2, 0) is 9.53 Å². The molecule has 0 bridgehead atoms. The summed E-state index contributed by atoms with van der Waals surface area (Å²) in [5.41, 5.74) is 6.07. The van der Waals surface area contributed by atoms with Gasteiger partial charge in [-0.3, -0.25) is 4.79 Å². The molecule has 1 atom stereocenters. The lowest BCUT2D eigenvalue weighted by Crippen LogP contribution is -2.45. The molecule has 0 spiro atoms. The molecule has 1 aliphatic carbocycles. The number of hydrogen-bond donors (Lipinski definition) is 1. The zero-order valence-electron chi connectivity index (χ0n) is 13.5. The normalized spacial score (nSPS) is 24.0. The van der Waals surface area contributed by atoms with E-state index in [1.807, 2.05) is 11.0 Å². The van der Waals surface area contributed by atoms with E-state index in [2.05, 4.69) is 11.4 Å². The molecule has 2 fully saturated rings. The molecular formula is C17H27ClN2O2S. The molecule has 4 nitrogen and oxygen atoms in total. The van der Waals surface area contributed by atoms with Crippen molar-refractivity contribution < 1.29 is 9.53 Å². The van der Waals surface area contributed by atoms with E-state index in [0.717, 1.165) is 12.8 Å². The predicted octanol–water partition coefficient (Wildman–Crippen LogP) is 3.37. The zero-order valence-corrected chi connectivity index (χ0v) is 15.2. The van der Waals surface area contributed by atoms with Gasteiger partial charge in [0.2, 0.25) is 5.91 Å². The van der Waals surface area contributed by atoms with Crippen LogP contribution in [0.25, 0.3) is 0 Å². The molecular weight excluding hydrogens is 332 g/mol. The van der Waals surface area contributed by atoms with Crippen LogP contribution in [0.5, 0.6) is 0 Å². The van der Waals surface area contributed by atoms with Crippen molar-refractivity contribution in [3.63, 3.8) is 0 Å². The summed E-state index contributed by atoms with van der Waals surface area (Å²) in [6.45, 7) is 2.66. The van der Waals surface area contributed by atoms with Gasteiger partial charge >= 0.3 is 0 Å². The van der Waals surface area contributed by atoms with Gasteiger partial charge < -0.3 is 15.4 Å². The SMILES string of the molecule is Cl.NCC1(CC(=O)N2CCOC(c3cccs3)C2)CCCCC1. The largest absolute Gasteiger partial charge is 0.369 e. The summed E-state index contributed by atoms with van der Waals surface area (Å²) in [4.78, 5) is 16.0. The minimum atomic E-state index is 0. The summed E-state index contributed by atoms with van der Waals surface area (Å²) in [5.74, 6) is 0.261. The highest BCUT2D eigenvalue weighted by atomic mass is 35.5. The van der Waals surface area contributed by atoms with E-state index in [-0.39, 0.29) is 29.8 Å². The van der Waals surface area contributed by atoms with E-state index in [9.17, 15) is 4.79 Å². The standard InChI is InChI=1S/C17H26N2O2S.ClH/c18-13-17(6-2-1-3-7-17)11-16(20)19-8-9-21-14(12-19)15-5-4-10-22-15;/h4-5,10,14H,1-3,6-9,11-13,18H2;1H. The lowest BCUT2D eigenvalue weighted by molar-refractivity contribution is -0.141. The molecule has 2 heterocycles. The number of ether oxygens (including phenoxy) is 1. The third kappa shape index (κ3) is 4.47. The van der Waals surface area contributed by atoms with Crippen molar-refractivity contribution in [2.24, 2.45) is 11.1 Å². The van der Waals surface area contributed by atoms with Crippen molar-refractivity contribution in [3.05, 3.63) is 22.4 Å². The Morgan fingerprint density at radius 1 is 1.39 bits per heavy atom. The maximum atomic E-state index is 12.8. The second kappa shape index (κ2) is 8.47. The highest BCUT2D eigenvalue weighted by Crippen LogP contribution is 2.39. The molecule has 1 saturated heterocycles. The number of halogens is 1. The topological polar surface area (TPSA) is 55.6 Å².